The lowest BCUT2D eigenvalue weighted by Crippen LogP contribution is -2.31. The molecule has 158 valence electrons. The Bertz CT molecular complexity index is 1350. The van der Waals surface area contributed by atoms with Crippen molar-refractivity contribution in [2.24, 2.45) is 0 Å². The van der Waals surface area contributed by atoms with Crippen LogP contribution in [0.5, 0.6) is 0 Å². The first kappa shape index (κ1) is 19.8. The van der Waals surface area contributed by atoms with E-state index in [-0.39, 0.29) is 18.0 Å². The number of carbonyl (C=O) groups is 1. The normalized spacial score (nSPS) is 13.5. The van der Waals surface area contributed by atoms with Crippen molar-refractivity contribution < 1.29 is 9.18 Å². The summed E-state index contributed by atoms with van der Waals surface area (Å²) in [4.78, 5) is 30.7. The van der Waals surface area contributed by atoms with Gasteiger partial charge >= 0.3 is 0 Å². The summed E-state index contributed by atoms with van der Waals surface area (Å²) in [6.45, 7) is 1.07. The third-order valence-electron chi connectivity index (χ3n) is 5.52. The van der Waals surface area contributed by atoms with Gasteiger partial charge in [-0.1, -0.05) is 42.1 Å². The van der Waals surface area contributed by atoms with E-state index in [1.807, 2.05) is 30.3 Å². The number of rotatable bonds is 5. The average Bonchev–Trinajstić information content (AvgIpc) is 3.07. The predicted octanol–water partition coefficient (Wildman–Crippen LogP) is 3.35. The Kier molecular flexibility index (Phi) is 5.23. The molecule has 0 radical (unpaired) electrons. The van der Waals surface area contributed by atoms with Crippen LogP contribution in [0.15, 0.2) is 58.5 Å². The van der Waals surface area contributed by atoms with Gasteiger partial charge < -0.3 is 9.88 Å². The van der Waals surface area contributed by atoms with E-state index < -0.39 is 5.82 Å². The Morgan fingerprint density at radius 3 is 2.87 bits per heavy atom. The molecule has 6 nitrogen and oxygen atoms in total. The molecule has 0 atom stereocenters. The molecule has 8 heteroatoms. The molecule has 1 aliphatic rings. The summed E-state index contributed by atoms with van der Waals surface area (Å²) in [5.74, 6) is 0.302. The number of amides is 1. The van der Waals surface area contributed by atoms with Gasteiger partial charge in [-0.2, -0.15) is 0 Å². The van der Waals surface area contributed by atoms with Crippen molar-refractivity contribution >= 4 is 39.6 Å². The van der Waals surface area contributed by atoms with Crippen LogP contribution in [0, 0.1) is 5.82 Å². The Morgan fingerprint density at radius 1 is 1.19 bits per heavy atom. The number of aromatic nitrogens is 3. The molecule has 5 rings (SSSR count). The van der Waals surface area contributed by atoms with E-state index in [9.17, 15) is 14.0 Å². The van der Waals surface area contributed by atoms with Crippen molar-refractivity contribution in [3.05, 3.63) is 70.3 Å². The minimum atomic E-state index is -0.397. The number of carbonyl (C=O) groups excluding carboxylic acids is 1. The fraction of sp³-hybridized carbons (Fsp3) is 0.261. The molecule has 0 spiro atoms. The highest BCUT2D eigenvalue weighted by atomic mass is 32.2. The van der Waals surface area contributed by atoms with Gasteiger partial charge in [0.1, 0.15) is 23.4 Å². The maximum atomic E-state index is 14.0. The van der Waals surface area contributed by atoms with Gasteiger partial charge in [0.15, 0.2) is 5.16 Å². The molecular weight excluding hydrogens is 415 g/mol. The summed E-state index contributed by atoms with van der Waals surface area (Å²) in [6, 6.07) is 14.3. The third-order valence-corrected chi connectivity index (χ3v) is 6.59. The van der Waals surface area contributed by atoms with Gasteiger partial charge in [0.2, 0.25) is 5.91 Å². The summed E-state index contributed by atoms with van der Waals surface area (Å²) in [6.07, 6.45) is 1.61. The fourth-order valence-corrected chi connectivity index (χ4v) is 5.00. The van der Waals surface area contributed by atoms with Crippen molar-refractivity contribution in [2.75, 3.05) is 12.3 Å². The van der Waals surface area contributed by atoms with Crippen molar-refractivity contribution in [3.8, 4) is 0 Å². The molecule has 2 aromatic heterocycles. The predicted molar refractivity (Wildman–Crippen MR) is 120 cm³/mol. The van der Waals surface area contributed by atoms with Crippen molar-refractivity contribution in [3.63, 3.8) is 0 Å². The number of hydrogen-bond acceptors (Lipinski definition) is 4. The first-order valence-corrected chi connectivity index (χ1v) is 11.3. The number of halogens is 1. The van der Waals surface area contributed by atoms with Gasteiger partial charge in [-0.3, -0.25) is 14.2 Å². The van der Waals surface area contributed by atoms with Gasteiger partial charge in [0.25, 0.3) is 5.56 Å². The topological polar surface area (TPSA) is 68.9 Å². The van der Waals surface area contributed by atoms with E-state index in [1.54, 1.807) is 15.2 Å². The first-order valence-electron chi connectivity index (χ1n) is 10.3. The molecular formula is C23H21FN4O2S. The molecule has 2 aromatic carbocycles. The van der Waals surface area contributed by atoms with E-state index in [0.717, 1.165) is 24.2 Å². The lowest BCUT2D eigenvalue weighted by Gasteiger charge is -2.17. The SMILES string of the molecule is O=C(Cn1c2ccc(F)cc2c2nc3n(c(=O)c21)CCCS3)NCCc1ccccc1. The van der Waals surface area contributed by atoms with Crippen LogP contribution in [0.2, 0.25) is 0 Å². The standard InChI is InChI=1S/C23H21FN4O2S/c24-16-7-8-18-17(13-16)20-21(22(30)27-11-4-12-31-23(27)26-20)28(18)14-19(29)25-10-9-15-5-2-1-3-6-15/h1-3,5-8,13H,4,9-12,14H2,(H,25,29). The van der Waals surface area contributed by atoms with Crippen LogP contribution in [0.1, 0.15) is 12.0 Å². The van der Waals surface area contributed by atoms with Crippen LogP contribution in [0.25, 0.3) is 21.9 Å². The zero-order valence-electron chi connectivity index (χ0n) is 16.8. The third kappa shape index (κ3) is 3.72. The Balaban J connectivity index is 1.51. The number of fused-ring (bicyclic) bond motifs is 4. The highest BCUT2D eigenvalue weighted by Crippen LogP contribution is 2.30. The van der Waals surface area contributed by atoms with Crippen LogP contribution in [0.4, 0.5) is 4.39 Å². The van der Waals surface area contributed by atoms with Gasteiger partial charge in [-0.25, -0.2) is 9.37 Å². The second-order valence-corrected chi connectivity index (χ2v) is 8.65. The molecule has 0 saturated heterocycles. The average molecular weight is 437 g/mol. The van der Waals surface area contributed by atoms with E-state index in [2.05, 4.69) is 10.3 Å². The van der Waals surface area contributed by atoms with Crippen LogP contribution in [-0.4, -0.2) is 32.3 Å². The second kappa shape index (κ2) is 8.19. The van der Waals surface area contributed by atoms with Crippen molar-refractivity contribution in [1.29, 1.82) is 0 Å². The van der Waals surface area contributed by atoms with Crippen molar-refractivity contribution in [1.82, 2.24) is 19.4 Å². The second-order valence-electron chi connectivity index (χ2n) is 7.58. The van der Waals surface area contributed by atoms with E-state index >= 15 is 0 Å². The number of thioether (sulfide) groups is 1. The highest BCUT2D eigenvalue weighted by Gasteiger charge is 2.22. The lowest BCUT2D eigenvalue weighted by atomic mass is 10.1. The molecule has 31 heavy (non-hydrogen) atoms. The van der Waals surface area contributed by atoms with E-state index in [1.165, 1.54) is 23.9 Å². The Morgan fingerprint density at radius 2 is 2.03 bits per heavy atom. The van der Waals surface area contributed by atoms with Crippen LogP contribution in [-0.2, 0) is 24.3 Å². The summed E-state index contributed by atoms with van der Waals surface area (Å²) >= 11 is 1.53. The fourth-order valence-electron chi connectivity index (χ4n) is 4.06. The molecule has 4 aromatic rings. The minimum Gasteiger partial charge on any atom is -0.354 e. The molecule has 1 N–H and O–H groups in total. The van der Waals surface area contributed by atoms with Crippen molar-refractivity contribution in [2.45, 2.75) is 31.1 Å². The Labute approximate surface area is 182 Å². The molecule has 0 saturated carbocycles. The number of nitrogens with zero attached hydrogens (tertiary/aromatic N) is 3. The smallest absolute Gasteiger partial charge is 0.278 e. The van der Waals surface area contributed by atoms with Gasteiger partial charge in [0.05, 0.1) is 5.52 Å². The summed E-state index contributed by atoms with van der Waals surface area (Å²) in [5.41, 5.74) is 2.40. The molecule has 0 bridgehead atoms. The maximum absolute atomic E-state index is 14.0. The molecule has 0 fully saturated rings. The van der Waals surface area contributed by atoms with Crippen LogP contribution >= 0.6 is 11.8 Å². The van der Waals surface area contributed by atoms with E-state index in [4.69, 9.17) is 0 Å². The zero-order chi connectivity index (χ0) is 21.4. The lowest BCUT2D eigenvalue weighted by molar-refractivity contribution is -0.121. The largest absolute Gasteiger partial charge is 0.354 e. The molecule has 0 unspecified atom stereocenters. The molecule has 1 aliphatic heterocycles. The first-order chi connectivity index (χ1) is 15.1. The number of benzene rings is 2. The minimum absolute atomic E-state index is 0.0240. The zero-order valence-corrected chi connectivity index (χ0v) is 17.6. The van der Waals surface area contributed by atoms with E-state index in [0.29, 0.717) is 40.2 Å². The van der Waals surface area contributed by atoms with Crippen LogP contribution < -0.4 is 10.9 Å². The quantitative estimate of drug-likeness (QED) is 0.487. The number of hydrogen-bond donors (Lipinski definition) is 1. The summed E-state index contributed by atoms with van der Waals surface area (Å²) in [7, 11) is 0. The molecule has 0 aliphatic carbocycles. The van der Waals surface area contributed by atoms with Gasteiger partial charge in [-0.05, 0) is 36.6 Å². The number of nitrogens with one attached hydrogen (secondary N) is 1. The Hall–Kier alpha value is -3.13. The van der Waals surface area contributed by atoms with Gasteiger partial charge in [0, 0.05) is 24.2 Å². The molecule has 1 amide bonds. The van der Waals surface area contributed by atoms with Gasteiger partial charge in [-0.15, -0.1) is 0 Å². The van der Waals surface area contributed by atoms with Crippen LogP contribution in [0.3, 0.4) is 0 Å². The maximum Gasteiger partial charge on any atom is 0.278 e. The summed E-state index contributed by atoms with van der Waals surface area (Å²) in [5, 5.41) is 4.13. The molecule has 3 heterocycles. The highest BCUT2D eigenvalue weighted by molar-refractivity contribution is 7.99. The monoisotopic (exact) mass is 436 g/mol. The summed E-state index contributed by atoms with van der Waals surface area (Å²) < 4.78 is 17.3.